The Morgan fingerprint density at radius 1 is 1.07 bits per heavy atom. The van der Waals surface area contributed by atoms with Gasteiger partial charge in [-0.1, -0.05) is 30.3 Å². The molecule has 0 unspecified atom stereocenters. The van der Waals surface area contributed by atoms with Gasteiger partial charge in [0, 0.05) is 22.5 Å². The summed E-state index contributed by atoms with van der Waals surface area (Å²) in [5.41, 5.74) is 1.22. The van der Waals surface area contributed by atoms with Gasteiger partial charge in [0.05, 0.1) is 0 Å². The van der Waals surface area contributed by atoms with Crippen molar-refractivity contribution in [2.75, 3.05) is 5.32 Å². The second-order valence-corrected chi connectivity index (χ2v) is 4.31. The van der Waals surface area contributed by atoms with E-state index in [0.717, 1.165) is 10.1 Å². The van der Waals surface area contributed by atoms with Crippen molar-refractivity contribution in [2.45, 2.75) is 6.54 Å². The van der Waals surface area contributed by atoms with E-state index in [9.17, 15) is 0 Å². The van der Waals surface area contributed by atoms with Crippen molar-refractivity contribution in [1.29, 1.82) is 0 Å². The molecule has 2 aromatic rings. The van der Waals surface area contributed by atoms with Gasteiger partial charge in [0.25, 0.3) is 0 Å². The van der Waals surface area contributed by atoms with Gasteiger partial charge in [-0.25, -0.2) is 9.97 Å². The van der Waals surface area contributed by atoms with Crippen LogP contribution in [0.25, 0.3) is 0 Å². The third-order valence-electron chi connectivity index (χ3n) is 1.91. The predicted octanol–water partition coefficient (Wildman–Crippen LogP) is 2.69. The van der Waals surface area contributed by atoms with Crippen molar-refractivity contribution < 1.29 is 0 Å². The zero-order valence-electron chi connectivity index (χ0n) is 8.02. The fourth-order valence-corrected chi connectivity index (χ4v) is 1.46. The minimum atomic E-state index is 0.666. The molecule has 0 spiro atoms. The Morgan fingerprint density at radius 2 is 1.73 bits per heavy atom. The van der Waals surface area contributed by atoms with Gasteiger partial charge in [-0.2, -0.15) is 0 Å². The van der Waals surface area contributed by atoms with E-state index >= 15 is 0 Å². The number of rotatable bonds is 3. The van der Waals surface area contributed by atoms with Gasteiger partial charge >= 0.3 is 0 Å². The molecule has 1 aromatic carbocycles. The van der Waals surface area contributed by atoms with Crippen LogP contribution in [0.3, 0.4) is 0 Å². The molecule has 0 aliphatic rings. The highest BCUT2D eigenvalue weighted by atomic mass is 127. The third kappa shape index (κ3) is 3.16. The first-order chi connectivity index (χ1) is 7.34. The molecule has 2 rings (SSSR count). The normalized spacial score (nSPS) is 9.93. The molecular weight excluding hydrogens is 301 g/mol. The summed E-state index contributed by atoms with van der Waals surface area (Å²) in [7, 11) is 0. The first kappa shape index (κ1) is 10.4. The number of hydrogen-bond donors (Lipinski definition) is 1. The monoisotopic (exact) mass is 311 g/mol. The smallest absolute Gasteiger partial charge is 0.222 e. The number of aromatic nitrogens is 2. The number of benzene rings is 1. The standard InChI is InChI=1S/C11H10IN3/c12-10-7-14-11(15-8-10)13-6-9-4-2-1-3-5-9/h1-5,7-8H,6H2,(H,13,14,15). The lowest BCUT2D eigenvalue weighted by Gasteiger charge is -2.03. The Morgan fingerprint density at radius 3 is 2.40 bits per heavy atom. The van der Waals surface area contributed by atoms with Gasteiger partial charge in [-0.05, 0) is 28.2 Å². The molecule has 1 heterocycles. The molecule has 76 valence electrons. The minimum Gasteiger partial charge on any atom is -0.350 e. The molecule has 3 nitrogen and oxygen atoms in total. The predicted molar refractivity (Wildman–Crippen MR) is 68.5 cm³/mol. The van der Waals surface area contributed by atoms with E-state index in [-0.39, 0.29) is 0 Å². The van der Waals surface area contributed by atoms with E-state index < -0.39 is 0 Å². The average molecular weight is 311 g/mol. The quantitative estimate of drug-likeness (QED) is 0.886. The van der Waals surface area contributed by atoms with Crippen molar-refractivity contribution >= 4 is 28.5 Å². The van der Waals surface area contributed by atoms with E-state index in [0.29, 0.717) is 5.95 Å². The third-order valence-corrected chi connectivity index (χ3v) is 2.47. The summed E-state index contributed by atoms with van der Waals surface area (Å²) < 4.78 is 1.04. The molecule has 0 bridgehead atoms. The molecule has 0 saturated heterocycles. The van der Waals surface area contributed by atoms with Crippen LogP contribution < -0.4 is 5.32 Å². The molecule has 0 radical (unpaired) electrons. The maximum Gasteiger partial charge on any atom is 0.222 e. The van der Waals surface area contributed by atoms with Gasteiger partial charge in [0.1, 0.15) is 0 Å². The highest BCUT2D eigenvalue weighted by Crippen LogP contribution is 2.05. The Bertz CT molecular complexity index is 414. The highest BCUT2D eigenvalue weighted by molar-refractivity contribution is 14.1. The molecule has 1 aromatic heterocycles. The second kappa shape index (κ2) is 5.06. The van der Waals surface area contributed by atoms with Crippen LogP contribution >= 0.6 is 22.6 Å². The van der Waals surface area contributed by atoms with Crippen LogP contribution in [0.15, 0.2) is 42.7 Å². The van der Waals surface area contributed by atoms with Crippen LogP contribution in [0.1, 0.15) is 5.56 Å². The molecular formula is C11H10IN3. The van der Waals surface area contributed by atoms with Crippen molar-refractivity contribution in [2.24, 2.45) is 0 Å². The van der Waals surface area contributed by atoms with Crippen LogP contribution in [0.4, 0.5) is 5.95 Å². The molecule has 1 N–H and O–H groups in total. The van der Waals surface area contributed by atoms with Gasteiger partial charge in [0.2, 0.25) is 5.95 Å². The zero-order chi connectivity index (χ0) is 10.5. The summed E-state index contributed by atoms with van der Waals surface area (Å²) in [6.07, 6.45) is 3.59. The Balaban J connectivity index is 1.96. The fourth-order valence-electron chi connectivity index (χ4n) is 1.18. The fraction of sp³-hybridized carbons (Fsp3) is 0.0909. The minimum absolute atomic E-state index is 0.666. The van der Waals surface area contributed by atoms with E-state index in [2.05, 4.69) is 50.0 Å². The van der Waals surface area contributed by atoms with Gasteiger partial charge in [-0.3, -0.25) is 0 Å². The van der Waals surface area contributed by atoms with Crippen molar-refractivity contribution in [1.82, 2.24) is 9.97 Å². The molecule has 0 aliphatic carbocycles. The van der Waals surface area contributed by atoms with Crippen LogP contribution in [0, 0.1) is 3.57 Å². The van der Waals surface area contributed by atoms with Crippen molar-refractivity contribution in [3.63, 3.8) is 0 Å². The van der Waals surface area contributed by atoms with Gasteiger partial charge in [-0.15, -0.1) is 0 Å². The molecule has 4 heteroatoms. The number of nitrogens with one attached hydrogen (secondary N) is 1. The molecule has 0 aliphatic heterocycles. The molecule has 15 heavy (non-hydrogen) atoms. The maximum atomic E-state index is 4.16. The van der Waals surface area contributed by atoms with E-state index in [1.165, 1.54) is 5.56 Å². The summed E-state index contributed by atoms with van der Waals surface area (Å²) in [6, 6.07) is 10.2. The summed E-state index contributed by atoms with van der Waals surface area (Å²) in [6.45, 7) is 0.751. The molecule has 0 fully saturated rings. The number of nitrogens with zero attached hydrogens (tertiary/aromatic N) is 2. The van der Waals surface area contributed by atoms with E-state index in [1.54, 1.807) is 12.4 Å². The number of hydrogen-bond acceptors (Lipinski definition) is 3. The van der Waals surface area contributed by atoms with E-state index in [4.69, 9.17) is 0 Å². The van der Waals surface area contributed by atoms with Gasteiger partial charge in [0.15, 0.2) is 0 Å². The average Bonchev–Trinajstić information content (AvgIpc) is 2.30. The lowest BCUT2D eigenvalue weighted by molar-refractivity contribution is 1.05. The molecule has 0 amide bonds. The topological polar surface area (TPSA) is 37.8 Å². The van der Waals surface area contributed by atoms with Crippen LogP contribution in [-0.4, -0.2) is 9.97 Å². The largest absolute Gasteiger partial charge is 0.350 e. The molecule has 0 atom stereocenters. The first-order valence-electron chi connectivity index (χ1n) is 4.60. The lowest BCUT2D eigenvalue weighted by Crippen LogP contribution is -2.02. The summed E-state index contributed by atoms with van der Waals surface area (Å²) in [5, 5.41) is 3.16. The highest BCUT2D eigenvalue weighted by Gasteiger charge is 1.95. The van der Waals surface area contributed by atoms with Crippen molar-refractivity contribution in [3.8, 4) is 0 Å². The Kier molecular flexibility index (Phi) is 3.49. The maximum absolute atomic E-state index is 4.16. The number of anilines is 1. The van der Waals surface area contributed by atoms with Gasteiger partial charge < -0.3 is 5.32 Å². The summed E-state index contributed by atoms with van der Waals surface area (Å²) >= 11 is 2.18. The number of halogens is 1. The van der Waals surface area contributed by atoms with Crippen LogP contribution in [-0.2, 0) is 6.54 Å². The Hall–Kier alpha value is -1.17. The zero-order valence-corrected chi connectivity index (χ0v) is 10.2. The van der Waals surface area contributed by atoms with Crippen molar-refractivity contribution in [3.05, 3.63) is 51.9 Å². The first-order valence-corrected chi connectivity index (χ1v) is 5.68. The summed E-state index contributed by atoms with van der Waals surface area (Å²) in [5.74, 6) is 0.666. The van der Waals surface area contributed by atoms with Crippen LogP contribution in [0.5, 0.6) is 0 Å². The summed E-state index contributed by atoms with van der Waals surface area (Å²) in [4.78, 5) is 8.33. The second-order valence-electron chi connectivity index (χ2n) is 3.06. The van der Waals surface area contributed by atoms with E-state index in [1.807, 2.05) is 18.2 Å². The lowest BCUT2D eigenvalue weighted by atomic mass is 10.2. The SMILES string of the molecule is Ic1cnc(NCc2ccccc2)nc1. The Labute approximate surface area is 102 Å². The van der Waals surface area contributed by atoms with Crippen LogP contribution in [0.2, 0.25) is 0 Å². The molecule has 0 saturated carbocycles.